The van der Waals surface area contributed by atoms with Crippen molar-refractivity contribution in [1.29, 1.82) is 0 Å². The molecule has 0 bridgehead atoms. The molecule has 3 aromatic rings. The van der Waals surface area contributed by atoms with Crippen molar-refractivity contribution in [2.24, 2.45) is 11.3 Å². The van der Waals surface area contributed by atoms with Gasteiger partial charge in [-0.3, -0.25) is 4.79 Å². The molecule has 0 radical (unpaired) electrons. The Kier molecular flexibility index (Phi) is 6.19. The molecule has 5 atom stereocenters. The maximum Gasteiger partial charge on any atom is 0.247 e. The SMILES string of the molecule is CCc1nnc(-c2ccc([C@@H]3CC[C@@]4(CC)C(=O)N[C@H](C)[C@H]4[C@H]3c3ccc(Cl)cc3)c(Cl)c2)o1. The molecular weight excluding hydrogens is 469 g/mol. The Morgan fingerprint density at radius 3 is 2.53 bits per heavy atom. The van der Waals surface area contributed by atoms with Crippen LogP contribution >= 0.6 is 23.2 Å². The van der Waals surface area contributed by atoms with E-state index in [2.05, 4.69) is 47.6 Å². The van der Waals surface area contributed by atoms with Gasteiger partial charge >= 0.3 is 0 Å². The van der Waals surface area contributed by atoms with Gasteiger partial charge in [0.25, 0.3) is 0 Å². The number of nitrogens with zero attached hydrogens (tertiary/aromatic N) is 2. The van der Waals surface area contributed by atoms with E-state index < -0.39 is 0 Å². The molecule has 178 valence electrons. The van der Waals surface area contributed by atoms with E-state index >= 15 is 0 Å². The zero-order valence-corrected chi connectivity index (χ0v) is 21.2. The maximum atomic E-state index is 13.2. The van der Waals surface area contributed by atoms with Gasteiger partial charge in [-0.15, -0.1) is 10.2 Å². The van der Waals surface area contributed by atoms with Gasteiger partial charge in [0, 0.05) is 34.0 Å². The van der Waals surface area contributed by atoms with Crippen LogP contribution in [0.1, 0.15) is 68.9 Å². The Morgan fingerprint density at radius 2 is 1.88 bits per heavy atom. The highest BCUT2D eigenvalue weighted by Gasteiger charge is 2.59. The number of hydrogen-bond donors (Lipinski definition) is 1. The number of nitrogens with one attached hydrogen (secondary N) is 1. The third-order valence-corrected chi connectivity index (χ3v) is 8.59. The first-order valence-corrected chi connectivity index (χ1v) is 12.8. The number of aromatic nitrogens is 2. The second-order valence-electron chi connectivity index (χ2n) is 9.61. The molecule has 0 spiro atoms. The van der Waals surface area contributed by atoms with Crippen molar-refractivity contribution in [2.75, 3.05) is 0 Å². The highest BCUT2D eigenvalue weighted by Crippen LogP contribution is 2.60. The second kappa shape index (κ2) is 9.01. The van der Waals surface area contributed by atoms with Gasteiger partial charge < -0.3 is 9.73 Å². The Labute approximate surface area is 210 Å². The molecule has 2 heterocycles. The lowest BCUT2D eigenvalue weighted by molar-refractivity contribution is -0.131. The van der Waals surface area contributed by atoms with Crippen molar-refractivity contribution < 1.29 is 9.21 Å². The number of halogens is 2. The lowest BCUT2D eigenvalue weighted by atomic mass is 9.54. The molecule has 0 unspecified atom stereocenters. The van der Waals surface area contributed by atoms with E-state index in [1.165, 1.54) is 5.56 Å². The van der Waals surface area contributed by atoms with Gasteiger partial charge in [-0.1, -0.05) is 55.2 Å². The standard InChI is InChI=1S/C27H29Cl2N3O2/c1-4-22-31-32-25(34-22)17-8-11-19(21(29)14-17)20-12-13-27(5-2)24(15(3)30-26(27)33)23(20)16-6-9-18(28)10-7-16/h6-11,14-15,20,23-24H,4-5,12-13H2,1-3H3,(H,30,33)/t15-,20+,23+,24+,27-/m1/s1. The van der Waals surface area contributed by atoms with Gasteiger partial charge in [0.2, 0.25) is 17.7 Å². The highest BCUT2D eigenvalue weighted by molar-refractivity contribution is 6.31. The third-order valence-electron chi connectivity index (χ3n) is 8.01. The fourth-order valence-electron chi connectivity index (χ4n) is 6.37. The number of rotatable bonds is 5. The fourth-order valence-corrected chi connectivity index (χ4v) is 6.82. The van der Waals surface area contributed by atoms with Crippen molar-refractivity contribution in [1.82, 2.24) is 15.5 Å². The van der Waals surface area contributed by atoms with Gasteiger partial charge in [-0.25, -0.2) is 0 Å². The predicted octanol–water partition coefficient (Wildman–Crippen LogP) is 6.80. The first-order valence-electron chi connectivity index (χ1n) is 12.1. The molecule has 1 saturated heterocycles. The number of fused-ring (bicyclic) bond motifs is 1. The number of amides is 1. The van der Waals surface area contributed by atoms with Gasteiger partial charge in [-0.2, -0.15) is 0 Å². The Hall–Kier alpha value is -2.37. The third kappa shape index (κ3) is 3.74. The monoisotopic (exact) mass is 497 g/mol. The molecule has 2 fully saturated rings. The lowest BCUT2D eigenvalue weighted by Gasteiger charge is -2.47. The predicted molar refractivity (Wildman–Crippen MR) is 134 cm³/mol. The summed E-state index contributed by atoms with van der Waals surface area (Å²) in [6, 6.07) is 14.2. The number of benzene rings is 2. The summed E-state index contributed by atoms with van der Waals surface area (Å²) in [5.74, 6) is 1.76. The quantitative estimate of drug-likeness (QED) is 0.420. The molecule has 1 aliphatic carbocycles. The highest BCUT2D eigenvalue weighted by atomic mass is 35.5. The van der Waals surface area contributed by atoms with E-state index in [-0.39, 0.29) is 35.1 Å². The summed E-state index contributed by atoms with van der Waals surface area (Å²) in [4.78, 5) is 13.2. The lowest BCUT2D eigenvalue weighted by Crippen LogP contribution is -2.43. The summed E-state index contributed by atoms with van der Waals surface area (Å²) in [5.41, 5.74) is 2.75. The van der Waals surface area contributed by atoms with Crippen LogP contribution in [-0.2, 0) is 11.2 Å². The van der Waals surface area contributed by atoms with Crippen molar-refractivity contribution in [2.45, 2.75) is 64.3 Å². The van der Waals surface area contributed by atoms with E-state index in [1.54, 1.807) is 0 Å². The Morgan fingerprint density at radius 1 is 1.12 bits per heavy atom. The molecule has 1 N–H and O–H groups in total. The van der Waals surface area contributed by atoms with Crippen molar-refractivity contribution in [3.05, 3.63) is 69.5 Å². The molecule has 5 nitrogen and oxygen atoms in total. The number of carbonyl (C=O) groups is 1. The first-order chi connectivity index (χ1) is 16.4. The van der Waals surface area contributed by atoms with Crippen LogP contribution in [0.5, 0.6) is 0 Å². The molecule has 2 aliphatic rings. The summed E-state index contributed by atoms with van der Waals surface area (Å²) < 4.78 is 5.73. The van der Waals surface area contributed by atoms with E-state index in [1.807, 2.05) is 31.2 Å². The van der Waals surface area contributed by atoms with Crippen LogP contribution in [0.4, 0.5) is 0 Å². The van der Waals surface area contributed by atoms with Gasteiger partial charge in [0.15, 0.2) is 0 Å². The molecule has 7 heteroatoms. The number of hydrogen-bond acceptors (Lipinski definition) is 4. The van der Waals surface area contributed by atoms with E-state index in [0.29, 0.717) is 28.2 Å². The molecule has 34 heavy (non-hydrogen) atoms. The Balaban J connectivity index is 1.58. The molecule has 1 aromatic heterocycles. The minimum Gasteiger partial charge on any atom is -0.421 e. The van der Waals surface area contributed by atoms with Gasteiger partial charge in [0.1, 0.15) is 0 Å². The Bertz CT molecular complexity index is 1210. The van der Waals surface area contributed by atoms with Gasteiger partial charge in [0.05, 0.1) is 5.41 Å². The van der Waals surface area contributed by atoms with Crippen molar-refractivity contribution in [3.8, 4) is 11.5 Å². The average Bonchev–Trinajstić information content (AvgIpc) is 3.42. The molecule has 1 saturated carbocycles. The van der Waals surface area contributed by atoms with E-state index in [9.17, 15) is 4.79 Å². The molecular formula is C27H29Cl2N3O2. The summed E-state index contributed by atoms with van der Waals surface area (Å²) in [6.45, 7) is 6.25. The smallest absolute Gasteiger partial charge is 0.247 e. The average molecular weight is 498 g/mol. The largest absolute Gasteiger partial charge is 0.421 e. The fraction of sp³-hybridized carbons (Fsp3) is 0.444. The summed E-state index contributed by atoms with van der Waals surface area (Å²) in [7, 11) is 0. The molecule has 1 amide bonds. The first kappa shape index (κ1) is 23.4. The van der Waals surface area contributed by atoms with E-state index in [0.717, 1.165) is 30.4 Å². The van der Waals surface area contributed by atoms with Crippen LogP contribution in [0.15, 0.2) is 46.9 Å². The molecule has 5 rings (SSSR count). The normalized spacial score (nSPS) is 28.6. The minimum atomic E-state index is -0.354. The number of aryl methyl sites for hydroxylation is 1. The topological polar surface area (TPSA) is 68.0 Å². The van der Waals surface area contributed by atoms with Crippen LogP contribution in [-0.4, -0.2) is 22.1 Å². The summed E-state index contributed by atoms with van der Waals surface area (Å²) in [5, 5.41) is 12.9. The number of carbonyl (C=O) groups excluding carboxylic acids is 1. The van der Waals surface area contributed by atoms with Crippen LogP contribution in [0.3, 0.4) is 0 Å². The molecule has 1 aliphatic heterocycles. The van der Waals surface area contributed by atoms with Crippen LogP contribution in [0.2, 0.25) is 10.0 Å². The van der Waals surface area contributed by atoms with E-state index in [4.69, 9.17) is 27.6 Å². The van der Waals surface area contributed by atoms with Gasteiger partial charge in [-0.05, 0) is 73.4 Å². The second-order valence-corrected chi connectivity index (χ2v) is 10.5. The maximum absolute atomic E-state index is 13.2. The zero-order valence-electron chi connectivity index (χ0n) is 19.6. The molecule has 2 aromatic carbocycles. The summed E-state index contributed by atoms with van der Waals surface area (Å²) in [6.07, 6.45) is 3.25. The van der Waals surface area contributed by atoms with Crippen LogP contribution in [0, 0.1) is 11.3 Å². The van der Waals surface area contributed by atoms with Crippen molar-refractivity contribution >= 4 is 29.1 Å². The summed E-state index contributed by atoms with van der Waals surface area (Å²) >= 11 is 13.1. The van der Waals surface area contributed by atoms with Crippen molar-refractivity contribution in [3.63, 3.8) is 0 Å². The van der Waals surface area contributed by atoms with Crippen LogP contribution in [0.25, 0.3) is 11.5 Å². The van der Waals surface area contributed by atoms with Crippen LogP contribution < -0.4 is 5.32 Å². The zero-order chi connectivity index (χ0) is 24.0. The minimum absolute atomic E-state index is 0.0832.